The summed E-state index contributed by atoms with van der Waals surface area (Å²) in [5, 5.41) is 0. The van der Waals surface area contributed by atoms with Crippen LogP contribution in [-0.2, 0) is 10.0 Å². The number of benzene rings is 1. The van der Waals surface area contributed by atoms with E-state index in [9.17, 15) is 8.42 Å². The maximum atomic E-state index is 11.8. The van der Waals surface area contributed by atoms with E-state index in [-0.39, 0.29) is 5.75 Å². The molecule has 0 aliphatic carbocycles. The normalized spacial score (nSPS) is 10.3. The van der Waals surface area contributed by atoms with Gasteiger partial charge in [0, 0.05) is 0 Å². The summed E-state index contributed by atoms with van der Waals surface area (Å²) in [5.74, 6) is 0.973. The Balaban J connectivity index is 0.00000172. The van der Waals surface area contributed by atoms with Gasteiger partial charge in [-0.3, -0.25) is 4.72 Å². The Hall–Kier alpha value is -1.43. The van der Waals surface area contributed by atoms with Crippen LogP contribution >= 0.6 is 0 Å². The lowest BCUT2D eigenvalue weighted by atomic mass is 10.2. The second-order valence-electron chi connectivity index (χ2n) is 3.97. The number of hydrogen-bond acceptors (Lipinski definition) is 4. The molecule has 0 saturated heterocycles. The average Bonchev–Trinajstić information content (AvgIpc) is 2.39. The first-order chi connectivity index (χ1) is 9.43. The van der Waals surface area contributed by atoms with E-state index >= 15 is 0 Å². The first-order valence-electron chi connectivity index (χ1n) is 6.66. The first-order valence-corrected chi connectivity index (χ1v) is 8.31. The molecule has 0 heterocycles. The van der Waals surface area contributed by atoms with E-state index in [4.69, 9.17) is 9.47 Å². The van der Waals surface area contributed by atoms with E-state index < -0.39 is 10.0 Å². The van der Waals surface area contributed by atoms with Crippen LogP contribution in [-0.4, -0.2) is 28.4 Å². The Morgan fingerprint density at radius 3 is 2.20 bits per heavy atom. The molecule has 6 heteroatoms. The van der Waals surface area contributed by atoms with Gasteiger partial charge in [0.05, 0.1) is 25.7 Å². The van der Waals surface area contributed by atoms with Gasteiger partial charge in [0.2, 0.25) is 10.0 Å². The third kappa shape index (κ3) is 5.28. The predicted molar refractivity (Wildman–Crippen MR) is 83.3 cm³/mol. The fourth-order valence-corrected chi connectivity index (χ4v) is 2.79. The zero-order chi connectivity index (χ0) is 15.8. The molecule has 0 aliphatic heterocycles. The quantitative estimate of drug-likeness (QED) is 0.876. The molecule has 1 aromatic carbocycles. The summed E-state index contributed by atoms with van der Waals surface area (Å²) in [6.45, 7) is 7.67. The summed E-state index contributed by atoms with van der Waals surface area (Å²) < 4.78 is 36.4. The highest BCUT2D eigenvalue weighted by Gasteiger charge is 2.16. The van der Waals surface area contributed by atoms with Crippen LogP contribution in [0.2, 0.25) is 0 Å². The van der Waals surface area contributed by atoms with E-state index in [1.807, 2.05) is 27.7 Å². The van der Waals surface area contributed by atoms with Gasteiger partial charge in [-0.1, -0.05) is 20.8 Å². The number of methoxy groups -OCH3 is 2. The van der Waals surface area contributed by atoms with E-state index in [0.717, 1.165) is 5.56 Å². The molecule has 0 unspecified atom stereocenters. The molecule has 0 radical (unpaired) electrons. The van der Waals surface area contributed by atoms with E-state index in [1.165, 1.54) is 14.2 Å². The van der Waals surface area contributed by atoms with Crippen LogP contribution in [0.3, 0.4) is 0 Å². The fourth-order valence-electron chi connectivity index (χ4n) is 1.67. The fraction of sp³-hybridized carbons (Fsp3) is 0.571. The van der Waals surface area contributed by atoms with Crippen molar-refractivity contribution in [2.75, 3.05) is 24.7 Å². The molecular weight excluding hydrogens is 278 g/mol. The molecule has 20 heavy (non-hydrogen) atoms. The molecule has 0 aromatic heterocycles. The minimum Gasteiger partial charge on any atom is -0.493 e. The minimum absolute atomic E-state index is 0.0758. The van der Waals surface area contributed by atoms with E-state index in [0.29, 0.717) is 23.6 Å². The third-order valence-electron chi connectivity index (χ3n) is 2.36. The Morgan fingerprint density at radius 2 is 1.75 bits per heavy atom. The van der Waals surface area contributed by atoms with Crippen molar-refractivity contribution in [3.05, 3.63) is 17.7 Å². The maximum absolute atomic E-state index is 11.8. The van der Waals surface area contributed by atoms with Crippen LogP contribution in [0.1, 0.15) is 32.8 Å². The van der Waals surface area contributed by atoms with Gasteiger partial charge in [-0.2, -0.15) is 0 Å². The van der Waals surface area contributed by atoms with Crippen LogP contribution in [0.25, 0.3) is 0 Å². The highest BCUT2D eigenvalue weighted by molar-refractivity contribution is 7.92. The lowest BCUT2D eigenvalue weighted by Crippen LogP contribution is -2.17. The summed E-state index contributed by atoms with van der Waals surface area (Å²) in [7, 11) is -0.352. The Kier molecular flexibility index (Phi) is 8.06. The number of aryl methyl sites for hydroxylation is 1. The van der Waals surface area contributed by atoms with Crippen molar-refractivity contribution in [3.63, 3.8) is 0 Å². The van der Waals surface area contributed by atoms with Crippen molar-refractivity contribution >= 4 is 15.7 Å². The Bertz CT molecular complexity index is 512. The van der Waals surface area contributed by atoms with Crippen molar-refractivity contribution < 1.29 is 17.9 Å². The zero-order valence-corrected chi connectivity index (χ0v) is 13.9. The van der Waals surface area contributed by atoms with E-state index in [1.54, 1.807) is 12.1 Å². The Morgan fingerprint density at radius 1 is 1.15 bits per heavy atom. The van der Waals surface area contributed by atoms with Crippen LogP contribution in [0, 0.1) is 6.92 Å². The third-order valence-corrected chi connectivity index (χ3v) is 3.84. The van der Waals surface area contributed by atoms with Crippen molar-refractivity contribution in [1.29, 1.82) is 0 Å². The molecule has 1 rings (SSSR count). The molecule has 0 aliphatic rings. The van der Waals surface area contributed by atoms with Gasteiger partial charge in [-0.15, -0.1) is 0 Å². The predicted octanol–water partition coefficient (Wildman–Crippen LogP) is 3.19. The van der Waals surface area contributed by atoms with Crippen LogP contribution in [0.15, 0.2) is 12.1 Å². The lowest BCUT2D eigenvalue weighted by Gasteiger charge is -2.15. The number of nitrogens with one attached hydrogen (secondary N) is 1. The molecule has 1 aromatic rings. The Labute approximate surface area is 122 Å². The number of ether oxygens (including phenoxy) is 2. The number of hydrogen-bond donors (Lipinski definition) is 1. The van der Waals surface area contributed by atoms with Crippen molar-refractivity contribution in [3.8, 4) is 11.5 Å². The monoisotopic (exact) mass is 303 g/mol. The van der Waals surface area contributed by atoms with Gasteiger partial charge < -0.3 is 9.47 Å². The summed E-state index contributed by atoms with van der Waals surface area (Å²) in [6, 6.07) is 3.50. The van der Waals surface area contributed by atoms with Crippen LogP contribution < -0.4 is 14.2 Å². The van der Waals surface area contributed by atoms with E-state index in [2.05, 4.69) is 4.72 Å². The van der Waals surface area contributed by atoms with Crippen molar-refractivity contribution in [2.24, 2.45) is 0 Å². The smallest absolute Gasteiger partial charge is 0.232 e. The topological polar surface area (TPSA) is 64.6 Å². The van der Waals surface area contributed by atoms with Gasteiger partial charge in [-0.25, -0.2) is 8.42 Å². The molecule has 0 saturated carbocycles. The number of rotatable bonds is 6. The largest absolute Gasteiger partial charge is 0.493 e. The standard InChI is InChI=1S/C12H19NO4S.C2H6/c1-5-6-18(14,15)13-10-7-9(2)8-11(16-3)12(10)17-4;1-2/h7-8,13H,5-6H2,1-4H3;1-2H3. The molecule has 0 bridgehead atoms. The minimum atomic E-state index is -3.34. The van der Waals surface area contributed by atoms with Crippen LogP contribution in [0.5, 0.6) is 11.5 Å². The van der Waals surface area contributed by atoms with Crippen molar-refractivity contribution in [2.45, 2.75) is 34.1 Å². The SMILES string of the molecule is CC.CCCS(=O)(=O)Nc1cc(C)cc(OC)c1OC. The lowest BCUT2D eigenvalue weighted by molar-refractivity contribution is 0.356. The maximum Gasteiger partial charge on any atom is 0.232 e. The molecular formula is C14H25NO4S. The summed E-state index contributed by atoms with van der Waals surface area (Å²) >= 11 is 0. The summed E-state index contributed by atoms with van der Waals surface area (Å²) in [4.78, 5) is 0. The first kappa shape index (κ1) is 18.6. The summed E-state index contributed by atoms with van der Waals surface area (Å²) in [5.41, 5.74) is 1.30. The zero-order valence-electron chi connectivity index (χ0n) is 13.1. The second kappa shape index (κ2) is 8.68. The number of anilines is 1. The van der Waals surface area contributed by atoms with Gasteiger partial charge >= 0.3 is 0 Å². The molecule has 0 fully saturated rings. The highest BCUT2D eigenvalue weighted by Crippen LogP contribution is 2.36. The van der Waals surface area contributed by atoms with Crippen molar-refractivity contribution in [1.82, 2.24) is 0 Å². The second-order valence-corrected chi connectivity index (χ2v) is 5.81. The van der Waals surface area contributed by atoms with Gasteiger partial charge in [0.25, 0.3) is 0 Å². The van der Waals surface area contributed by atoms with Gasteiger partial charge in [0.15, 0.2) is 11.5 Å². The molecule has 5 nitrogen and oxygen atoms in total. The molecule has 0 atom stereocenters. The molecule has 0 amide bonds. The van der Waals surface area contributed by atoms with Crippen LogP contribution in [0.4, 0.5) is 5.69 Å². The highest BCUT2D eigenvalue weighted by atomic mass is 32.2. The molecule has 0 spiro atoms. The van der Waals surface area contributed by atoms with Gasteiger partial charge in [-0.05, 0) is 31.0 Å². The summed E-state index contributed by atoms with van der Waals surface area (Å²) in [6.07, 6.45) is 0.556. The molecule has 1 N–H and O–H groups in total. The average molecular weight is 303 g/mol. The van der Waals surface area contributed by atoms with Gasteiger partial charge in [0.1, 0.15) is 0 Å². The molecule has 116 valence electrons. The number of sulfonamides is 1.